The molecule has 108 valence electrons. The third kappa shape index (κ3) is 5.24. The lowest BCUT2D eigenvalue weighted by Crippen LogP contribution is -2.31. The molecule has 0 saturated carbocycles. The van der Waals surface area contributed by atoms with Gasteiger partial charge in [-0.3, -0.25) is 5.43 Å². The topological polar surface area (TPSA) is 45.6 Å². The summed E-state index contributed by atoms with van der Waals surface area (Å²) in [4.78, 5) is 0. The minimum atomic E-state index is 0.484. The second-order valence-electron chi connectivity index (χ2n) is 4.31. The molecule has 0 fully saturated rings. The third-order valence-electron chi connectivity index (χ3n) is 2.77. The predicted octanol–water partition coefficient (Wildman–Crippen LogP) is 2.69. The second kappa shape index (κ2) is 8.01. The van der Waals surface area contributed by atoms with Crippen molar-refractivity contribution in [2.45, 2.75) is 6.54 Å². The Balaban J connectivity index is 1.79. The molecule has 0 aliphatic rings. The fourth-order valence-corrected chi connectivity index (χ4v) is 1.83. The van der Waals surface area contributed by atoms with Gasteiger partial charge in [0, 0.05) is 6.54 Å². The molecular weight excluding hydrogens is 282 g/mol. The summed E-state index contributed by atoms with van der Waals surface area (Å²) in [6.45, 7) is 0.668. The van der Waals surface area contributed by atoms with Crippen molar-refractivity contribution in [3.63, 3.8) is 0 Å². The SMILES string of the molecule is COc1cccc(C=NNC(=S)NCc2ccccc2)c1. The van der Waals surface area contributed by atoms with Crippen molar-refractivity contribution >= 4 is 23.5 Å². The van der Waals surface area contributed by atoms with E-state index in [0.717, 1.165) is 11.3 Å². The van der Waals surface area contributed by atoms with Gasteiger partial charge in [0.2, 0.25) is 0 Å². The summed E-state index contributed by atoms with van der Waals surface area (Å²) in [5.41, 5.74) is 4.89. The van der Waals surface area contributed by atoms with Crippen LogP contribution in [0, 0.1) is 0 Å². The van der Waals surface area contributed by atoms with Crippen LogP contribution in [0.5, 0.6) is 5.75 Å². The number of thiocarbonyl (C=S) groups is 1. The third-order valence-corrected chi connectivity index (χ3v) is 3.01. The Hall–Kier alpha value is -2.40. The minimum absolute atomic E-state index is 0.484. The molecule has 0 heterocycles. The number of nitrogens with one attached hydrogen (secondary N) is 2. The van der Waals surface area contributed by atoms with E-state index in [0.29, 0.717) is 11.7 Å². The summed E-state index contributed by atoms with van der Waals surface area (Å²) in [5.74, 6) is 0.795. The van der Waals surface area contributed by atoms with E-state index in [-0.39, 0.29) is 0 Å². The largest absolute Gasteiger partial charge is 0.497 e. The van der Waals surface area contributed by atoms with E-state index < -0.39 is 0 Å². The van der Waals surface area contributed by atoms with Crippen molar-refractivity contribution in [1.29, 1.82) is 0 Å². The first-order chi connectivity index (χ1) is 10.3. The van der Waals surface area contributed by atoms with E-state index in [1.165, 1.54) is 5.56 Å². The predicted molar refractivity (Wildman–Crippen MR) is 89.6 cm³/mol. The molecule has 2 N–H and O–H groups in total. The van der Waals surface area contributed by atoms with E-state index in [1.807, 2.05) is 54.6 Å². The molecular formula is C16H17N3OS. The summed E-state index contributed by atoms with van der Waals surface area (Å²) in [5, 5.41) is 7.67. The van der Waals surface area contributed by atoms with Crippen molar-refractivity contribution in [1.82, 2.24) is 10.7 Å². The Morgan fingerprint density at radius 3 is 2.76 bits per heavy atom. The molecule has 0 amide bonds. The molecule has 0 bridgehead atoms. The van der Waals surface area contributed by atoms with E-state index in [1.54, 1.807) is 13.3 Å². The smallest absolute Gasteiger partial charge is 0.187 e. The molecule has 0 atom stereocenters. The van der Waals surface area contributed by atoms with Gasteiger partial charge in [-0.2, -0.15) is 5.10 Å². The molecule has 2 aromatic carbocycles. The molecule has 0 aliphatic heterocycles. The maximum Gasteiger partial charge on any atom is 0.187 e. The van der Waals surface area contributed by atoms with E-state index in [9.17, 15) is 0 Å². The zero-order valence-electron chi connectivity index (χ0n) is 11.7. The van der Waals surface area contributed by atoms with Crippen LogP contribution in [-0.2, 0) is 6.54 Å². The lowest BCUT2D eigenvalue weighted by molar-refractivity contribution is 0.415. The summed E-state index contributed by atoms with van der Waals surface area (Å²) in [6, 6.07) is 17.7. The van der Waals surface area contributed by atoms with Crippen LogP contribution >= 0.6 is 12.2 Å². The number of nitrogens with zero attached hydrogens (tertiary/aromatic N) is 1. The maximum absolute atomic E-state index is 5.16. The van der Waals surface area contributed by atoms with Crippen LogP contribution in [0.1, 0.15) is 11.1 Å². The Kier molecular flexibility index (Phi) is 5.72. The fraction of sp³-hybridized carbons (Fsp3) is 0.125. The van der Waals surface area contributed by atoms with Gasteiger partial charge >= 0.3 is 0 Å². The Morgan fingerprint density at radius 1 is 1.19 bits per heavy atom. The number of benzene rings is 2. The van der Waals surface area contributed by atoms with Crippen LogP contribution in [0.2, 0.25) is 0 Å². The van der Waals surface area contributed by atoms with Gasteiger partial charge in [0.05, 0.1) is 13.3 Å². The summed E-state index contributed by atoms with van der Waals surface area (Å²) in [7, 11) is 1.64. The Labute approximate surface area is 129 Å². The van der Waals surface area contributed by atoms with Gasteiger partial charge in [-0.15, -0.1) is 0 Å². The van der Waals surface area contributed by atoms with E-state index >= 15 is 0 Å². The quantitative estimate of drug-likeness (QED) is 0.506. The average molecular weight is 299 g/mol. The highest BCUT2D eigenvalue weighted by atomic mass is 32.1. The first kappa shape index (κ1) is 15.0. The minimum Gasteiger partial charge on any atom is -0.497 e. The number of hydrogen-bond acceptors (Lipinski definition) is 3. The highest BCUT2D eigenvalue weighted by molar-refractivity contribution is 7.80. The summed E-state index contributed by atoms with van der Waals surface area (Å²) in [6.07, 6.45) is 1.69. The van der Waals surface area contributed by atoms with Crippen molar-refractivity contribution in [3.05, 3.63) is 65.7 Å². The average Bonchev–Trinajstić information content (AvgIpc) is 2.54. The number of hydrogen-bond donors (Lipinski definition) is 2. The Morgan fingerprint density at radius 2 is 2.00 bits per heavy atom. The number of hydrazone groups is 1. The molecule has 0 unspecified atom stereocenters. The lowest BCUT2D eigenvalue weighted by Gasteiger charge is -2.06. The first-order valence-corrected chi connectivity index (χ1v) is 6.93. The van der Waals surface area contributed by atoms with Gasteiger partial charge in [0.25, 0.3) is 0 Å². The number of ether oxygens (including phenoxy) is 1. The highest BCUT2D eigenvalue weighted by Gasteiger charge is 1.95. The highest BCUT2D eigenvalue weighted by Crippen LogP contribution is 2.10. The lowest BCUT2D eigenvalue weighted by atomic mass is 10.2. The van der Waals surface area contributed by atoms with Gasteiger partial charge < -0.3 is 10.1 Å². The van der Waals surface area contributed by atoms with Crippen molar-refractivity contribution < 1.29 is 4.74 Å². The molecule has 0 radical (unpaired) electrons. The monoisotopic (exact) mass is 299 g/mol. The van der Waals surface area contributed by atoms with Gasteiger partial charge in [-0.25, -0.2) is 0 Å². The molecule has 2 aromatic rings. The van der Waals surface area contributed by atoms with Crippen molar-refractivity contribution in [2.75, 3.05) is 7.11 Å². The van der Waals surface area contributed by atoms with Crippen LogP contribution in [0.25, 0.3) is 0 Å². The summed E-state index contributed by atoms with van der Waals surface area (Å²) < 4.78 is 5.15. The van der Waals surface area contributed by atoms with Crippen molar-refractivity contribution in [3.8, 4) is 5.75 Å². The first-order valence-electron chi connectivity index (χ1n) is 6.53. The molecule has 21 heavy (non-hydrogen) atoms. The molecule has 0 saturated heterocycles. The van der Waals surface area contributed by atoms with Crippen LogP contribution in [-0.4, -0.2) is 18.4 Å². The molecule has 0 spiro atoms. The number of methoxy groups -OCH3 is 1. The molecule has 0 aliphatic carbocycles. The standard InChI is InChI=1S/C16H17N3OS/c1-20-15-9-5-8-14(10-15)12-18-19-16(21)17-11-13-6-3-2-4-7-13/h2-10,12H,11H2,1H3,(H2,17,19,21). The fourth-order valence-electron chi connectivity index (χ4n) is 1.70. The van der Waals surface area contributed by atoms with E-state index in [4.69, 9.17) is 17.0 Å². The molecule has 2 rings (SSSR count). The van der Waals surface area contributed by atoms with Gasteiger partial charge in [-0.1, -0.05) is 42.5 Å². The van der Waals surface area contributed by atoms with Crippen LogP contribution in [0.4, 0.5) is 0 Å². The van der Waals surface area contributed by atoms with E-state index in [2.05, 4.69) is 15.8 Å². The van der Waals surface area contributed by atoms with Gasteiger partial charge in [-0.05, 0) is 35.5 Å². The van der Waals surface area contributed by atoms with Crippen LogP contribution in [0.15, 0.2) is 59.7 Å². The van der Waals surface area contributed by atoms with Crippen LogP contribution < -0.4 is 15.5 Å². The zero-order chi connectivity index (χ0) is 14.9. The van der Waals surface area contributed by atoms with Gasteiger partial charge in [0.1, 0.15) is 5.75 Å². The Bertz CT molecular complexity index is 614. The molecule has 4 nitrogen and oxygen atoms in total. The maximum atomic E-state index is 5.16. The molecule has 5 heteroatoms. The normalized spacial score (nSPS) is 10.3. The molecule has 0 aromatic heterocycles. The number of rotatable bonds is 5. The second-order valence-corrected chi connectivity index (χ2v) is 4.72. The zero-order valence-corrected chi connectivity index (χ0v) is 12.6. The summed E-state index contributed by atoms with van der Waals surface area (Å²) >= 11 is 5.16. The van der Waals surface area contributed by atoms with Crippen molar-refractivity contribution in [2.24, 2.45) is 5.10 Å². The van der Waals surface area contributed by atoms with Gasteiger partial charge in [0.15, 0.2) is 5.11 Å². The van der Waals surface area contributed by atoms with Crippen LogP contribution in [0.3, 0.4) is 0 Å².